The number of halogens is 1. The van der Waals surface area contributed by atoms with E-state index in [0.717, 1.165) is 11.1 Å². The molecule has 22 heavy (non-hydrogen) atoms. The molecule has 2 aromatic carbocycles. The van der Waals surface area contributed by atoms with E-state index in [4.69, 9.17) is 11.6 Å². The summed E-state index contributed by atoms with van der Waals surface area (Å²) in [5.41, 5.74) is 3.68. The van der Waals surface area contributed by atoms with Crippen LogP contribution in [0.3, 0.4) is 0 Å². The van der Waals surface area contributed by atoms with Crippen molar-refractivity contribution in [2.75, 3.05) is 5.32 Å². The molecule has 0 unspecified atom stereocenters. The number of phenolic OH excluding ortho intramolecular Hbond substituents is 1. The van der Waals surface area contributed by atoms with Gasteiger partial charge in [0.25, 0.3) is 5.91 Å². The van der Waals surface area contributed by atoms with E-state index in [0.29, 0.717) is 16.8 Å². The van der Waals surface area contributed by atoms with Crippen LogP contribution in [-0.2, 0) is 0 Å². The fourth-order valence-corrected chi connectivity index (χ4v) is 2.43. The van der Waals surface area contributed by atoms with Crippen LogP contribution in [0.5, 0.6) is 5.75 Å². The maximum Gasteiger partial charge on any atom is 0.255 e. The molecule has 1 amide bonds. The van der Waals surface area contributed by atoms with E-state index in [1.54, 1.807) is 25.1 Å². The lowest BCUT2D eigenvalue weighted by atomic mass is 9.99. The topological polar surface area (TPSA) is 49.3 Å². The third-order valence-electron chi connectivity index (χ3n) is 3.70. The summed E-state index contributed by atoms with van der Waals surface area (Å²) in [6.45, 7) is 7.68. The molecule has 2 N–H and O–H groups in total. The molecule has 2 aromatic rings. The van der Waals surface area contributed by atoms with Gasteiger partial charge in [0, 0.05) is 16.8 Å². The van der Waals surface area contributed by atoms with E-state index in [1.165, 1.54) is 0 Å². The predicted octanol–water partition coefficient (Wildman–Crippen LogP) is 5.04. The Balaban J connectivity index is 2.37. The number of hydrogen-bond acceptors (Lipinski definition) is 2. The van der Waals surface area contributed by atoms with E-state index in [9.17, 15) is 9.90 Å². The number of aromatic hydroxyl groups is 1. The van der Waals surface area contributed by atoms with E-state index in [2.05, 4.69) is 5.32 Å². The molecule has 0 radical (unpaired) electrons. The minimum absolute atomic E-state index is 0.0856. The number of aryl methyl sites for hydroxylation is 1. The number of benzene rings is 2. The van der Waals surface area contributed by atoms with Gasteiger partial charge in [-0.2, -0.15) is 0 Å². The first kappa shape index (κ1) is 16.4. The Kier molecular flexibility index (Phi) is 4.77. The predicted molar refractivity (Wildman–Crippen MR) is 91.1 cm³/mol. The molecule has 4 heteroatoms. The van der Waals surface area contributed by atoms with Crippen molar-refractivity contribution in [3.8, 4) is 5.75 Å². The van der Waals surface area contributed by atoms with Gasteiger partial charge in [-0.1, -0.05) is 43.1 Å². The van der Waals surface area contributed by atoms with E-state index in [-0.39, 0.29) is 22.6 Å². The van der Waals surface area contributed by atoms with Crippen molar-refractivity contribution in [1.29, 1.82) is 0 Å². The molecule has 0 fully saturated rings. The van der Waals surface area contributed by atoms with Crippen LogP contribution in [0.4, 0.5) is 5.69 Å². The van der Waals surface area contributed by atoms with Crippen LogP contribution < -0.4 is 5.32 Å². The first-order chi connectivity index (χ1) is 10.3. The Bertz CT molecular complexity index is 706. The molecule has 116 valence electrons. The van der Waals surface area contributed by atoms with Gasteiger partial charge in [-0.25, -0.2) is 0 Å². The first-order valence-corrected chi connectivity index (χ1v) is 7.59. The minimum Gasteiger partial charge on any atom is -0.506 e. The Morgan fingerprint density at radius 1 is 1.18 bits per heavy atom. The molecule has 0 saturated carbocycles. The van der Waals surface area contributed by atoms with Crippen LogP contribution in [-0.4, -0.2) is 11.0 Å². The number of hydrogen-bond donors (Lipinski definition) is 2. The van der Waals surface area contributed by atoms with Gasteiger partial charge in [0.05, 0.1) is 5.02 Å². The highest BCUT2D eigenvalue weighted by atomic mass is 35.5. The third kappa shape index (κ3) is 3.25. The van der Waals surface area contributed by atoms with Crippen LogP contribution in [0.1, 0.15) is 46.8 Å². The second-order valence-corrected chi connectivity index (χ2v) is 6.15. The molecule has 0 aliphatic rings. The molecule has 0 aliphatic carbocycles. The Hall–Kier alpha value is -2.00. The molecule has 0 aromatic heterocycles. The van der Waals surface area contributed by atoms with Gasteiger partial charge in [0.1, 0.15) is 5.75 Å². The van der Waals surface area contributed by atoms with Crippen LogP contribution in [0, 0.1) is 13.8 Å². The molecule has 0 heterocycles. The number of rotatable bonds is 3. The van der Waals surface area contributed by atoms with E-state index >= 15 is 0 Å². The van der Waals surface area contributed by atoms with Crippen molar-refractivity contribution in [3.05, 3.63) is 57.6 Å². The average Bonchev–Trinajstić information content (AvgIpc) is 2.48. The minimum atomic E-state index is -0.195. The molecule has 0 bridgehead atoms. The normalized spacial score (nSPS) is 10.8. The van der Waals surface area contributed by atoms with Gasteiger partial charge in [-0.3, -0.25) is 4.79 Å². The number of amides is 1. The number of carbonyl (C=O) groups excluding carboxylic acids is 1. The largest absolute Gasteiger partial charge is 0.506 e. The van der Waals surface area contributed by atoms with Crippen molar-refractivity contribution < 1.29 is 9.90 Å². The Morgan fingerprint density at radius 3 is 2.32 bits per heavy atom. The average molecular weight is 318 g/mol. The number of anilines is 1. The molecule has 3 nitrogen and oxygen atoms in total. The summed E-state index contributed by atoms with van der Waals surface area (Å²) < 4.78 is 0. The number of phenols is 1. The summed E-state index contributed by atoms with van der Waals surface area (Å²) in [7, 11) is 0. The molecule has 0 saturated heterocycles. The van der Waals surface area contributed by atoms with Crippen molar-refractivity contribution >= 4 is 23.2 Å². The lowest BCUT2D eigenvalue weighted by molar-refractivity contribution is 0.102. The molecule has 0 aliphatic heterocycles. The summed E-state index contributed by atoms with van der Waals surface area (Å²) >= 11 is 6.18. The van der Waals surface area contributed by atoms with Gasteiger partial charge in [-0.15, -0.1) is 0 Å². The molecular formula is C18H20ClNO2. The van der Waals surface area contributed by atoms with Gasteiger partial charge < -0.3 is 10.4 Å². The van der Waals surface area contributed by atoms with Crippen LogP contribution >= 0.6 is 11.6 Å². The van der Waals surface area contributed by atoms with E-state index in [1.807, 2.05) is 32.9 Å². The summed E-state index contributed by atoms with van der Waals surface area (Å²) in [6, 6.07) is 9.14. The van der Waals surface area contributed by atoms with E-state index < -0.39 is 0 Å². The van der Waals surface area contributed by atoms with Crippen LogP contribution in [0.2, 0.25) is 5.02 Å². The standard InChI is InChI=1S/C18H20ClNO2/c1-10(2)14-9-15(12(4)16(19)17(14)21)20-18(22)13-7-5-11(3)6-8-13/h5-10,21H,1-4H3,(H,20,22). The third-order valence-corrected chi connectivity index (χ3v) is 4.16. The van der Waals surface area contributed by atoms with Gasteiger partial charge in [0.2, 0.25) is 0 Å². The smallest absolute Gasteiger partial charge is 0.255 e. The quantitative estimate of drug-likeness (QED) is 0.779. The lowest BCUT2D eigenvalue weighted by Crippen LogP contribution is -2.13. The fourth-order valence-electron chi connectivity index (χ4n) is 2.22. The monoisotopic (exact) mass is 317 g/mol. The maximum absolute atomic E-state index is 12.3. The van der Waals surface area contributed by atoms with Crippen molar-refractivity contribution in [2.24, 2.45) is 0 Å². The number of nitrogens with one attached hydrogen (secondary N) is 1. The summed E-state index contributed by atoms with van der Waals surface area (Å²) in [4.78, 5) is 12.3. The van der Waals surface area contributed by atoms with Crippen LogP contribution in [0.25, 0.3) is 0 Å². The number of carbonyl (C=O) groups is 1. The van der Waals surface area contributed by atoms with Gasteiger partial charge in [-0.05, 0) is 43.5 Å². The second kappa shape index (κ2) is 6.41. The van der Waals surface area contributed by atoms with Crippen molar-refractivity contribution in [1.82, 2.24) is 0 Å². The summed E-state index contributed by atoms with van der Waals surface area (Å²) in [5.74, 6) is -0.00445. The SMILES string of the molecule is Cc1ccc(C(=O)Nc2cc(C(C)C)c(O)c(Cl)c2C)cc1. The first-order valence-electron chi connectivity index (χ1n) is 7.21. The van der Waals surface area contributed by atoms with Crippen LogP contribution in [0.15, 0.2) is 30.3 Å². The van der Waals surface area contributed by atoms with Crippen molar-refractivity contribution in [3.63, 3.8) is 0 Å². The summed E-state index contributed by atoms with van der Waals surface area (Å²) in [6.07, 6.45) is 0. The highest BCUT2D eigenvalue weighted by Crippen LogP contribution is 2.39. The Labute approximate surface area is 135 Å². The Morgan fingerprint density at radius 2 is 1.77 bits per heavy atom. The van der Waals surface area contributed by atoms with Gasteiger partial charge in [0.15, 0.2) is 0 Å². The molecule has 0 atom stereocenters. The van der Waals surface area contributed by atoms with Gasteiger partial charge >= 0.3 is 0 Å². The molecular weight excluding hydrogens is 298 g/mol. The zero-order valence-electron chi connectivity index (χ0n) is 13.2. The highest BCUT2D eigenvalue weighted by molar-refractivity contribution is 6.33. The zero-order valence-corrected chi connectivity index (χ0v) is 14.0. The summed E-state index contributed by atoms with van der Waals surface area (Å²) in [5, 5.41) is 13.3. The zero-order chi connectivity index (χ0) is 16.4. The highest BCUT2D eigenvalue weighted by Gasteiger charge is 2.17. The molecule has 2 rings (SSSR count). The lowest BCUT2D eigenvalue weighted by Gasteiger charge is -2.16. The maximum atomic E-state index is 12.3. The second-order valence-electron chi connectivity index (χ2n) is 5.78. The molecule has 0 spiro atoms. The van der Waals surface area contributed by atoms with Crippen molar-refractivity contribution in [2.45, 2.75) is 33.6 Å². The fraction of sp³-hybridized carbons (Fsp3) is 0.278.